The third-order valence-corrected chi connectivity index (χ3v) is 6.59. The van der Waals surface area contributed by atoms with Crippen molar-refractivity contribution < 1.29 is 27.5 Å². The molecule has 1 aliphatic heterocycles. The average molecular weight is 413 g/mol. The molecule has 150 valence electrons. The lowest BCUT2D eigenvalue weighted by molar-refractivity contribution is -0.139. The summed E-state index contributed by atoms with van der Waals surface area (Å²) in [6.07, 6.45) is 0.779. The maximum atomic E-state index is 13.2. The van der Waals surface area contributed by atoms with E-state index in [2.05, 4.69) is 4.74 Å². The van der Waals surface area contributed by atoms with Crippen molar-refractivity contribution in [3.05, 3.63) is 77.4 Å². The maximum absolute atomic E-state index is 13.2. The number of methoxy groups -OCH3 is 1. The topological polar surface area (TPSA) is 97.8 Å². The number of ether oxygens (including phenoxy) is 1. The molecule has 1 unspecified atom stereocenters. The molecule has 0 aliphatic carbocycles. The summed E-state index contributed by atoms with van der Waals surface area (Å²) in [5.74, 6) is -2.63. The van der Waals surface area contributed by atoms with Crippen LogP contribution < -0.4 is 0 Å². The van der Waals surface area contributed by atoms with Crippen molar-refractivity contribution in [3.8, 4) is 0 Å². The van der Waals surface area contributed by atoms with Crippen molar-refractivity contribution in [1.29, 1.82) is 0 Å². The molecule has 0 N–H and O–H groups in total. The van der Waals surface area contributed by atoms with Gasteiger partial charge in [-0.2, -0.15) is 0 Å². The molecule has 0 radical (unpaired) electrons. The number of benzene rings is 2. The molecule has 29 heavy (non-hydrogen) atoms. The fraction of sp³-hybridized carbons (Fsp3) is 0.190. The van der Waals surface area contributed by atoms with Crippen LogP contribution in [0.3, 0.4) is 0 Å². The highest BCUT2D eigenvalue weighted by Gasteiger charge is 2.51. The summed E-state index contributed by atoms with van der Waals surface area (Å²) in [7, 11) is -3.15. The minimum atomic E-state index is -4.25. The van der Waals surface area contributed by atoms with Crippen molar-refractivity contribution in [1.82, 2.24) is 4.90 Å². The Morgan fingerprint density at radius 1 is 1.07 bits per heavy atom. The summed E-state index contributed by atoms with van der Waals surface area (Å²) < 4.78 is 30.9. The quantitative estimate of drug-likeness (QED) is 0.421. The Kier molecular flexibility index (Phi) is 5.65. The van der Waals surface area contributed by atoms with Crippen molar-refractivity contribution in [2.45, 2.75) is 23.6 Å². The normalized spacial score (nSPS) is 18.3. The first-order chi connectivity index (χ1) is 13.8. The highest BCUT2D eigenvalue weighted by molar-refractivity contribution is 7.93. The van der Waals surface area contributed by atoms with Gasteiger partial charge in [0.2, 0.25) is 0 Å². The molecule has 0 bridgehead atoms. The van der Waals surface area contributed by atoms with Crippen molar-refractivity contribution >= 4 is 27.6 Å². The first kappa shape index (κ1) is 20.5. The molecule has 2 amide bonds. The Bertz CT molecular complexity index is 1090. The predicted octanol–water partition coefficient (Wildman–Crippen LogP) is 1.81. The van der Waals surface area contributed by atoms with Crippen LogP contribution in [-0.4, -0.2) is 43.5 Å². The van der Waals surface area contributed by atoms with Gasteiger partial charge in [-0.05, 0) is 24.6 Å². The molecular formula is C21H19NO6S. The molecule has 1 heterocycles. The number of aryl methyl sites for hydroxylation is 1. The van der Waals surface area contributed by atoms with E-state index in [1.807, 2.05) is 0 Å². The minimum absolute atomic E-state index is 0.100. The van der Waals surface area contributed by atoms with Gasteiger partial charge < -0.3 is 4.74 Å². The van der Waals surface area contributed by atoms with E-state index in [1.54, 1.807) is 49.4 Å². The third kappa shape index (κ3) is 3.97. The Hall–Kier alpha value is -3.26. The van der Waals surface area contributed by atoms with E-state index in [4.69, 9.17) is 0 Å². The number of esters is 1. The molecule has 1 aliphatic rings. The molecule has 0 aromatic heterocycles. The highest BCUT2D eigenvalue weighted by Crippen LogP contribution is 2.31. The Morgan fingerprint density at radius 3 is 2.28 bits per heavy atom. The molecular weight excluding hydrogens is 394 g/mol. The van der Waals surface area contributed by atoms with E-state index >= 15 is 0 Å². The van der Waals surface area contributed by atoms with Gasteiger partial charge in [-0.15, -0.1) is 0 Å². The zero-order valence-corrected chi connectivity index (χ0v) is 16.7. The fourth-order valence-corrected chi connectivity index (χ4v) is 4.73. The minimum Gasteiger partial charge on any atom is -0.466 e. The van der Waals surface area contributed by atoms with E-state index in [9.17, 15) is 22.8 Å². The first-order valence-electron chi connectivity index (χ1n) is 8.75. The number of sulfone groups is 1. The summed E-state index contributed by atoms with van der Waals surface area (Å²) in [4.78, 5) is 38.4. The number of amides is 2. The second-order valence-corrected chi connectivity index (χ2v) is 8.61. The summed E-state index contributed by atoms with van der Waals surface area (Å²) in [6.45, 7) is 1.70. The predicted molar refractivity (Wildman–Crippen MR) is 104 cm³/mol. The van der Waals surface area contributed by atoms with Crippen molar-refractivity contribution in [2.75, 3.05) is 7.11 Å². The van der Waals surface area contributed by atoms with Crippen LogP contribution in [-0.2, 0) is 35.5 Å². The van der Waals surface area contributed by atoms with Gasteiger partial charge >= 0.3 is 5.97 Å². The number of imide groups is 1. The standard InChI is InChI=1S/C21H19NO6S/c1-14-8-10-16(11-9-14)29(26,27)19-17(12-18(23)28-2)20(24)22(21(19)25)13-15-6-4-3-5-7-15/h3-12,19H,13H2,1-2H3/b17-12+. The van der Waals surface area contributed by atoms with Crippen LogP contribution in [0.5, 0.6) is 0 Å². The molecule has 1 saturated heterocycles. The lowest BCUT2D eigenvalue weighted by Gasteiger charge is -2.15. The number of nitrogens with zero attached hydrogens (tertiary/aromatic N) is 1. The molecule has 1 fully saturated rings. The van der Waals surface area contributed by atoms with Crippen molar-refractivity contribution in [2.24, 2.45) is 0 Å². The van der Waals surface area contributed by atoms with Gasteiger partial charge in [0.05, 0.1) is 24.1 Å². The van der Waals surface area contributed by atoms with Crippen molar-refractivity contribution in [3.63, 3.8) is 0 Å². The Balaban J connectivity index is 2.08. The van der Waals surface area contributed by atoms with Crippen LogP contribution in [0.15, 0.2) is 71.1 Å². The van der Waals surface area contributed by atoms with Crippen LogP contribution >= 0.6 is 0 Å². The summed E-state index contributed by atoms with van der Waals surface area (Å²) >= 11 is 0. The smallest absolute Gasteiger partial charge is 0.331 e. The third-order valence-electron chi connectivity index (χ3n) is 4.58. The molecule has 1 atom stereocenters. The molecule has 8 heteroatoms. The van der Waals surface area contributed by atoms with Crippen LogP contribution in [0.2, 0.25) is 0 Å². The zero-order chi connectivity index (χ0) is 21.2. The summed E-state index contributed by atoms with van der Waals surface area (Å²) in [5, 5.41) is -1.81. The average Bonchev–Trinajstić information content (AvgIpc) is 2.93. The van der Waals surface area contributed by atoms with E-state index in [0.717, 1.165) is 23.6 Å². The van der Waals surface area contributed by atoms with Gasteiger partial charge in [-0.3, -0.25) is 14.5 Å². The number of likely N-dealkylation sites (tertiary alicyclic amines) is 1. The van der Waals surface area contributed by atoms with E-state index in [0.29, 0.717) is 5.56 Å². The van der Waals surface area contributed by atoms with Crippen LogP contribution in [0.4, 0.5) is 0 Å². The maximum Gasteiger partial charge on any atom is 0.331 e. The lowest BCUT2D eigenvalue weighted by atomic mass is 10.2. The number of carbonyl (C=O) groups excluding carboxylic acids is 3. The van der Waals surface area contributed by atoms with Gasteiger partial charge in [-0.1, -0.05) is 48.0 Å². The van der Waals surface area contributed by atoms with Gasteiger partial charge in [0.25, 0.3) is 11.8 Å². The molecule has 2 aromatic carbocycles. The first-order valence-corrected chi connectivity index (χ1v) is 10.3. The van der Waals surface area contributed by atoms with Crippen LogP contribution in [0, 0.1) is 6.92 Å². The van der Waals surface area contributed by atoms with Crippen LogP contribution in [0.25, 0.3) is 0 Å². The van der Waals surface area contributed by atoms with Gasteiger partial charge in [0, 0.05) is 6.08 Å². The Labute approximate surface area is 168 Å². The second kappa shape index (κ2) is 8.00. The molecule has 0 spiro atoms. The zero-order valence-electron chi connectivity index (χ0n) is 15.9. The molecule has 0 saturated carbocycles. The fourth-order valence-electron chi connectivity index (χ4n) is 3.05. The lowest BCUT2D eigenvalue weighted by Crippen LogP contribution is -2.34. The summed E-state index contributed by atoms with van der Waals surface area (Å²) in [5.41, 5.74) is 1.08. The van der Waals surface area contributed by atoms with E-state index in [-0.39, 0.29) is 11.4 Å². The molecule has 7 nitrogen and oxygen atoms in total. The van der Waals surface area contributed by atoms with E-state index in [1.165, 1.54) is 12.1 Å². The largest absolute Gasteiger partial charge is 0.466 e. The monoisotopic (exact) mass is 413 g/mol. The number of hydrogen-bond acceptors (Lipinski definition) is 6. The Morgan fingerprint density at radius 2 is 1.69 bits per heavy atom. The molecule has 2 aromatic rings. The highest BCUT2D eigenvalue weighted by atomic mass is 32.2. The SMILES string of the molecule is COC(=O)/C=C1/C(=O)N(Cc2ccccc2)C(=O)C1S(=O)(=O)c1ccc(C)cc1. The van der Waals surface area contributed by atoms with Gasteiger partial charge in [-0.25, -0.2) is 13.2 Å². The number of rotatable bonds is 5. The number of hydrogen-bond donors (Lipinski definition) is 0. The van der Waals surface area contributed by atoms with Crippen LogP contribution in [0.1, 0.15) is 11.1 Å². The molecule has 3 rings (SSSR count). The number of carbonyl (C=O) groups is 3. The van der Waals surface area contributed by atoms with E-state index < -0.39 is 38.4 Å². The second-order valence-electron chi connectivity index (χ2n) is 6.58. The van der Waals surface area contributed by atoms with Gasteiger partial charge in [0.15, 0.2) is 15.1 Å². The van der Waals surface area contributed by atoms with Gasteiger partial charge in [0.1, 0.15) is 0 Å². The summed E-state index contributed by atoms with van der Waals surface area (Å²) in [6, 6.07) is 14.6.